The molecule has 1 heterocycles. The molecule has 0 fully saturated rings. The molecule has 0 aliphatic heterocycles. The maximum absolute atomic E-state index is 12.6. The second-order valence-electron chi connectivity index (χ2n) is 5.02. The van der Waals surface area contributed by atoms with Crippen molar-refractivity contribution in [3.63, 3.8) is 0 Å². The van der Waals surface area contributed by atoms with E-state index < -0.39 is 0 Å². The second kappa shape index (κ2) is 5.82. The molecule has 1 aromatic heterocycles. The van der Waals surface area contributed by atoms with Crippen LogP contribution in [0.2, 0.25) is 0 Å². The molecule has 2 aromatic rings. The predicted molar refractivity (Wildman–Crippen MR) is 81.9 cm³/mol. The predicted octanol–water partition coefficient (Wildman–Crippen LogP) is 3.18. The van der Waals surface area contributed by atoms with Crippen molar-refractivity contribution in [2.24, 2.45) is 0 Å². The number of carbonyl (C=O) groups is 2. The third-order valence-electron chi connectivity index (χ3n) is 3.61. The fourth-order valence-electron chi connectivity index (χ4n) is 2.66. The van der Waals surface area contributed by atoms with Crippen molar-refractivity contribution in [1.82, 2.24) is 0 Å². The average molecular weight is 300 g/mol. The van der Waals surface area contributed by atoms with Gasteiger partial charge in [0.15, 0.2) is 5.78 Å². The van der Waals surface area contributed by atoms with E-state index in [4.69, 9.17) is 4.74 Å². The number of benzene rings is 1. The van der Waals surface area contributed by atoms with Gasteiger partial charge in [-0.15, -0.1) is 11.3 Å². The van der Waals surface area contributed by atoms with E-state index in [9.17, 15) is 9.59 Å². The number of thiophene rings is 1. The molecule has 3 rings (SSSR count). The monoisotopic (exact) mass is 300 g/mol. The van der Waals surface area contributed by atoms with E-state index >= 15 is 0 Å². The highest BCUT2D eigenvalue weighted by Crippen LogP contribution is 2.31. The van der Waals surface area contributed by atoms with E-state index in [-0.39, 0.29) is 18.2 Å². The van der Waals surface area contributed by atoms with Gasteiger partial charge < -0.3 is 4.74 Å². The van der Waals surface area contributed by atoms with Crippen LogP contribution in [0.15, 0.2) is 30.3 Å². The lowest BCUT2D eigenvalue weighted by atomic mass is 10.0. The minimum Gasteiger partial charge on any atom is -0.466 e. The van der Waals surface area contributed by atoms with Gasteiger partial charge in [-0.2, -0.15) is 0 Å². The van der Waals surface area contributed by atoms with Gasteiger partial charge in [-0.25, -0.2) is 0 Å². The van der Waals surface area contributed by atoms with Crippen molar-refractivity contribution in [1.29, 1.82) is 0 Å². The first-order chi connectivity index (χ1) is 10.2. The van der Waals surface area contributed by atoms with Gasteiger partial charge in [0.25, 0.3) is 0 Å². The highest BCUT2D eigenvalue weighted by Gasteiger charge is 2.23. The largest absolute Gasteiger partial charge is 0.466 e. The molecule has 0 bridgehead atoms. The number of ketones is 1. The van der Waals surface area contributed by atoms with Crippen LogP contribution in [-0.2, 0) is 28.8 Å². The van der Waals surface area contributed by atoms with Crippen LogP contribution < -0.4 is 0 Å². The van der Waals surface area contributed by atoms with Crippen molar-refractivity contribution in [2.45, 2.75) is 26.2 Å². The molecule has 0 atom stereocenters. The minimum absolute atomic E-state index is 0.0736. The molecule has 0 unspecified atom stereocenters. The van der Waals surface area contributed by atoms with Gasteiger partial charge in [0.1, 0.15) is 0 Å². The standard InChI is InChI=1S/C17H16O3S/c1-2-20-16(18)10-12-9-14-15(21-12)8-7-11-5-3-4-6-13(11)17(14)19/h3-6,9H,2,7-8,10H2,1H3. The number of hydrogen-bond donors (Lipinski definition) is 0. The number of hydrogen-bond acceptors (Lipinski definition) is 4. The summed E-state index contributed by atoms with van der Waals surface area (Å²) in [4.78, 5) is 26.2. The third kappa shape index (κ3) is 2.76. The first-order valence-corrected chi connectivity index (χ1v) is 7.90. The molecule has 1 aliphatic carbocycles. The van der Waals surface area contributed by atoms with E-state index in [0.29, 0.717) is 6.61 Å². The average Bonchev–Trinajstić information content (AvgIpc) is 2.82. The molecule has 0 amide bonds. The molecule has 0 spiro atoms. The molecule has 0 N–H and O–H groups in total. The van der Waals surface area contributed by atoms with Gasteiger partial charge in [0.05, 0.1) is 13.0 Å². The van der Waals surface area contributed by atoms with Crippen molar-refractivity contribution in [3.05, 3.63) is 56.8 Å². The highest BCUT2D eigenvalue weighted by atomic mass is 32.1. The molecule has 0 saturated carbocycles. The molecule has 108 valence electrons. The van der Waals surface area contributed by atoms with Gasteiger partial charge in [0.2, 0.25) is 0 Å². The zero-order valence-electron chi connectivity index (χ0n) is 11.8. The minimum atomic E-state index is -0.234. The van der Waals surface area contributed by atoms with Crippen LogP contribution in [0.1, 0.15) is 38.2 Å². The Bertz CT molecular complexity index is 700. The summed E-state index contributed by atoms with van der Waals surface area (Å²) in [6, 6.07) is 9.63. The molecule has 1 aliphatic rings. The Morgan fingerprint density at radius 1 is 1.24 bits per heavy atom. The van der Waals surface area contributed by atoms with Crippen molar-refractivity contribution >= 4 is 23.1 Å². The zero-order chi connectivity index (χ0) is 14.8. The normalized spacial score (nSPS) is 13.3. The van der Waals surface area contributed by atoms with Crippen LogP contribution in [0.5, 0.6) is 0 Å². The molecule has 21 heavy (non-hydrogen) atoms. The smallest absolute Gasteiger partial charge is 0.311 e. The number of carbonyl (C=O) groups excluding carboxylic acids is 2. The van der Waals surface area contributed by atoms with E-state index in [1.807, 2.05) is 30.3 Å². The fraction of sp³-hybridized carbons (Fsp3) is 0.294. The molecular formula is C17H16O3S. The summed E-state index contributed by atoms with van der Waals surface area (Å²) in [6.45, 7) is 2.18. The van der Waals surface area contributed by atoms with Crippen LogP contribution in [0, 0.1) is 0 Å². The topological polar surface area (TPSA) is 43.4 Å². The summed E-state index contributed by atoms with van der Waals surface area (Å²) in [5.74, 6) is -0.161. The molecule has 0 saturated heterocycles. The quantitative estimate of drug-likeness (QED) is 0.818. The summed E-state index contributed by atoms with van der Waals surface area (Å²) in [7, 11) is 0. The Labute approximate surface area is 127 Å². The van der Waals surface area contributed by atoms with E-state index in [0.717, 1.165) is 39.3 Å². The molecule has 0 radical (unpaired) electrons. The highest BCUT2D eigenvalue weighted by molar-refractivity contribution is 7.12. The lowest BCUT2D eigenvalue weighted by Gasteiger charge is -2.03. The van der Waals surface area contributed by atoms with Gasteiger partial charge in [-0.05, 0) is 31.4 Å². The summed E-state index contributed by atoms with van der Waals surface area (Å²) < 4.78 is 4.97. The summed E-state index contributed by atoms with van der Waals surface area (Å²) in [5, 5.41) is 0. The van der Waals surface area contributed by atoms with Gasteiger partial charge in [-0.3, -0.25) is 9.59 Å². The lowest BCUT2D eigenvalue weighted by molar-refractivity contribution is -0.142. The van der Waals surface area contributed by atoms with E-state index in [1.165, 1.54) is 0 Å². The maximum Gasteiger partial charge on any atom is 0.311 e. The van der Waals surface area contributed by atoms with Crippen molar-refractivity contribution in [3.8, 4) is 0 Å². The Balaban J connectivity index is 1.91. The molecule has 1 aromatic carbocycles. The zero-order valence-corrected chi connectivity index (χ0v) is 12.7. The number of esters is 1. The van der Waals surface area contributed by atoms with Gasteiger partial charge in [-0.1, -0.05) is 24.3 Å². The number of fused-ring (bicyclic) bond motifs is 2. The van der Waals surface area contributed by atoms with Crippen LogP contribution in [0.4, 0.5) is 0 Å². The summed E-state index contributed by atoms with van der Waals surface area (Å²) in [6.07, 6.45) is 1.97. The third-order valence-corrected chi connectivity index (χ3v) is 4.81. The SMILES string of the molecule is CCOC(=O)Cc1cc2c(s1)CCc1ccccc1C2=O. The van der Waals surface area contributed by atoms with Crippen LogP contribution in [-0.4, -0.2) is 18.4 Å². The fourth-order valence-corrected chi connectivity index (χ4v) is 3.81. The van der Waals surface area contributed by atoms with Crippen molar-refractivity contribution in [2.75, 3.05) is 6.61 Å². The summed E-state index contributed by atoms with van der Waals surface area (Å²) >= 11 is 1.56. The van der Waals surface area contributed by atoms with Crippen molar-refractivity contribution < 1.29 is 14.3 Å². The molecule has 3 nitrogen and oxygen atoms in total. The Morgan fingerprint density at radius 3 is 2.86 bits per heavy atom. The van der Waals surface area contributed by atoms with Crippen LogP contribution in [0.3, 0.4) is 0 Å². The van der Waals surface area contributed by atoms with Gasteiger partial charge >= 0.3 is 5.97 Å². The number of rotatable bonds is 3. The molecular weight excluding hydrogens is 284 g/mol. The number of aryl methyl sites for hydroxylation is 2. The maximum atomic E-state index is 12.6. The van der Waals surface area contributed by atoms with E-state index in [1.54, 1.807) is 18.3 Å². The lowest BCUT2D eigenvalue weighted by Crippen LogP contribution is -2.06. The summed E-state index contributed by atoms with van der Waals surface area (Å²) in [5.41, 5.74) is 2.65. The first-order valence-electron chi connectivity index (χ1n) is 7.09. The Kier molecular flexibility index (Phi) is 3.88. The first kappa shape index (κ1) is 14.0. The van der Waals surface area contributed by atoms with E-state index in [2.05, 4.69) is 0 Å². The Hall–Kier alpha value is -1.94. The van der Waals surface area contributed by atoms with Crippen LogP contribution in [0.25, 0.3) is 0 Å². The van der Waals surface area contributed by atoms with Gasteiger partial charge in [0, 0.05) is 20.9 Å². The second-order valence-corrected chi connectivity index (χ2v) is 6.24. The number of ether oxygens (including phenoxy) is 1. The Morgan fingerprint density at radius 2 is 2.05 bits per heavy atom. The molecule has 4 heteroatoms. The van der Waals surface area contributed by atoms with Crippen LogP contribution >= 0.6 is 11.3 Å².